The van der Waals surface area contributed by atoms with E-state index >= 15 is 0 Å². The zero-order valence-electron chi connectivity index (χ0n) is 9.06. The summed E-state index contributed by atoms with van der Waals surface area (Å²) < 4.78 is 5.12. The van der Waals surface area contributed by atoms with Crippen LogP contribution in [0.15, 0.2) is 24.3 Å². The van der Waals surface area contributed by atoms with E-state index in [4.69, 9.17) is 9.84 Å². The van der Waals surface area contributed by atoms with Gasteiger partial charge in [-0.3, -0.25) is 0 Å². The summed E-state index contributed by atoms with van der Waals surface area (Å²) in [6.07, 6.45) is 0.223. The van der Waals surface area contributed by atoms with Crippen molar-refractivity contribution in [3.63, 3.8) is 0 Å². The molecule has 0 aliphatic heterocycles. The van der Waals surface area contributed by atoms with Crippen molar-refractivity contribution >= 4 is 5.97 Å². The van der Waals surface area contributed by atoms with Crippen LogP contribution in [0.3, 0.4) is 0 Å². The van der Waals surface area contributed by atoms with Crippen molar-refractivity contribution in [1.29, 1.82) is 0 Å². The normalized spacial score (nSPS) is 12.2. The van der Waals surface area contributed by atoms with E-state index < -0.39 is 0 Å². The van der Waals surface area contributed by atoms with Gasteiger partial charge in [-0.1, -0.05) is 17.7 Å². The highest BCUT2D eigenvalue weighted by Crippen LogP contribution is 2.07. The van der Waals surface area contributed by atoms with E-state index in [0.717, 1.165) is 5.56 Å². The molecule has 0 saturated carbocycles. The highest BCUT2D eigenvalue weighted by Gasteiger charge is 2.10. The summed E-state index contributed by atoms with van der Waals surface area (Å²) in [7, 11) is 0. The molecule has 0 bridgehead atoms. The van der Waals surface area contributed by atoms with Crippen LogP contribution in [0.2, 0.25) is 0 Å². The molecule has 0 fully saturated rings. The third-order valence-corrected chi connectivity index (χ3v) is 2.13. The highest BCUT2D eigenvalue weighted by atomic mass is 16.5. The minimum Gasteiger partial charge on any atom is -0.459 e. The van der Waals surface area contributed by atoms with E-state index in [2.05, 4.69) is 0 Å². The number of carbonyl (C=O) groups excluding carboxylic acids is 1. The summed E-state index contributed by atoms with van der Waals surface area (Å²) in [5.74, 6) is -0.337. The van der Waals surface area contributed by atoms with Crippen LogP contribution in [-0.4, -0.2) is 23.8 Å². The number of rotatable bonds is 4. The lowest BCUT2D eigenvalue weighted by molar-refractivity contribution is 0.0289. The average Bonchev–Trinajstić information content (AvgIpc) is 2.18. The number of esters is 1. The zero-order valence-corrected chi connectivity index (χ0v) is 9.06. The number of aliphatic hydroxyl groups is 1. The Morgan fingerprint density at radius 2 is 2.00 bits per heavy atom. The Kier molecular flexibility index (Phi) is 4.31. The molecule has 0 aliphatic rings. The topological polar surface area (TPSA) is 46.5 Å². The fourth-order valence-electron chi connectivity index (χ4n) is 1.18. The van der Waals surface area contributed by atoms with Crippen molar-refractivity contribution < 1.29 is 14.6 Å². The van der Waals surface area contributed by atoms with Crippen molar-refractivity contribution in [1.82, 2.24) is 0 Å². The fraction of sp³-hybridized carbons (Fsp3) is 0.417. The number of benzene rings is 1. The highest BCUT2D eigenvalue weighted by molar-refractivity contribution is 5.89. The maximum Gasteiger partial charge on any atom is 0.338 e. The first-order valence-electron chi connectivity index (χ1n) is 5.02. The molecule has 1 atom stereocenters. The molecule has 1 N–H and O–H groups in total. The van der Waals surface area contributed by atoms with Crippen molar-refractivity contribution in [2.75, 3.05) is 6.61 Å². The van der Waals surface area contributed by atoms with E-state index in [1.54, 1.807) is 19.1 Å². The van der Waals surface area contributed by atoms with E-state index in [1.807, 2.05) is 19.1 Å². The quantitative estimate of drug-likeness (QED) is 0.769. The molecule has 0 aromatic heterocycles. The van der Waals surface area contributed by atoms with Crippen LogP contribution in [0.1, 0.15) is 29.3 Å². The van der Waals surface area contributed by atoms with Crippen LogP contribution in [0.4, 0.5) is 0 Å². The molecule has 1 unspecified atom stereocenters. The Labute approximate surface area is 89.7 Å². The number of hydrogen-bond donors (Lipinski definition) is 1. The number of aliphatic hydroxyl groups excluding tert-OH is 1. The van der Waals surface area contributed by atoms with Gasteiger partial charge >= 0.3 is 5.97 Å². The first-order valence-corrected chi connectivity index (χ1v) is 5.02. The van der Waals surface area contributed by atoms with E-state index in [0.29, 0.717) is 12.0 Å². The lowest BCUT2D eigenvalue weighted by atomic mass is 10.1. The van der Waals surface area contributed by atoms with E-state index in [9.17, 15) is 4.79 Å². The van der Waals surface area contributed by atoms with Gasteiger partial charge in [0.15, 0.2) is 0 Å². The molecule has 0 aliphatic carbocycles. The molecule has 1 aromatic rings. The molecule has 3 heteroatoms. The zero-order chi connectivity index (χ0) is 11.3. The molecule has 0 amide bonds. The summed E-state index contributed by atoms with van der Waals surface area (Å²) in [4.78, 5) is 11.5. The molecular weight excluding hydrogens is 192 g/mol. The van der Waals surface area contributed by atoms with Gasteiger partial charge in [0.05, 0.1) is 5.56 Å². The third kappa shape index (κ3) is 3.72. The summed E-state index contributed by atoms with van der Waals surface area (Å²) in [5, 5.41) is 8.67. The van der Waals surface area contributed by atoms with Gasteiger partial charge in [-0.2, -0.15) is 0 Å². The van der Waals surface area contributed by atoms with Crippen LogP contribution in [0, 0.1) is 6.92 Å². The summed E-state index contributed by atoms with van der Waals surface area (Å²) in [6, 6.07) is 7.22. The van der Waals surface area contributed by atoms with Crippen LogP contribution in [0.25, 0.3) is 0 Å². The van der Waals surface area contributed by atoms with Crippen LogP contribution in [0.5, 0.6) is 0 Å². The number of aryl methyl sites for hydroxylation is 1. The minimum atomic E-state index is -0.337. The largest absolute Gasteiger partial charge is 0.459 e. The van der Waals surface area contributed by atoms with Gasteiger partial charge in [0.1, 0.15) is 6.10 Å². The first kappa shape index (κ1) is 11.7. The predicted octanol–water partition coefficient (Wildman–Crippen LogP) is 1.92. The molecule has 0 spiro atoms. The van der Waals surface area contributed by atoms with Crippen molar-refractivity contribution in [2.24, 2.45) is 0 Å². The molecule has 1 rings (SSSR count). The fourth-order valence-corrected chi connectivity index (χ4v) is 1.18. The third-order valence-electron chi connectivity index (χ3n) is 2.13. The standard InChI is InChI=1S/C12H16O3/c1-9-3-5-11(6-4-9)12(14)15-10(2)7-8-13/h3-6,10,13H,7-8H2,1-2H3. The number of hydrogen-bond acceptors (Lipinski definition) is 3. The Bertz CT molecular complexity index is 316. The predicted molar refractivity (Wildman–Crippen MR) is 57.8 cm³/mol. The number of ether oxygens (including phenoxy) is 1. The van der Waals surface area contributed by atoms with Gasteiger partial charge in [-0.05, 0) is 26.0 Å². The van der Waals surface area contributed by atoms with Crippen LogP contribution in [-0.2, 0) is 4.74 Å². The molecule has 1 aromatic carbocycles. The monoisotopic (exact) mass is 208 g/mol. The molecule has 15 heavy (non-hydrogen) atoms. The van der Waals surface area contributed by atoms with Gasteiger partial charge in [-0.25, -0.2) is 4.79 Å². The SMILES string of the molecule is Cc1ccc(C(=O)OC(C)CCO)cc1. The minimum absolute atomic E-state index is 0.0301. The second-order valence-corrected chi connectivity index (χ2v) is 3.59. The van der Waals surface area contributed by atoms with Gasteiger partial charge in [0, 0.05) is 13.0 Å². The van der Waals surface area contributed by atoms with Crippen LogP contribution < -0.4 is 0 Å². The summed E-state index contributed by atoms with van der Waals surface area (Å²) in [5.41, 5.74) is 1.65. The van der Waals surface area contributed by atoms with E-state index in [1.165, 1.54) is 0 Å². The second-order valence-electron chi connectivity index (χ2n) is 3.59. The van der Waals surface area contributed by atoms with Crippen LogP contribution >= 0.6 is 0 Å². The smallest absolute Gasteiger partial charge is 0.338 e. The first-order chi connectivity index (χ1) is 7.13. The number of carbonyl (C=O) groups is 1. The lowest BCUT2D eigenvalue weighted by Crippen LogP contribution is -2.16. The Hall–Kier alpha value is -1.35. The van der Waals surface area contributed by atoms with E-state index in [-0.39, 0.29) is 18.7 Å². The summed E-state index contributed by atoms with van der Waals surface area (Å²) >= 11 is 0. The van der Waals surface area contributed by atoms with Crippen molar-refractivity contribution in [3.8, 4) is 0 Å². The van der Waals surface area contributed by atoms with Crippen molar-refractivity contribution in [3.05, 3.63) is 35.4 Å². The van der Waals surface area contributed by atoms with Gasteiger partial charge < -0.3 is 9.84 Å². The molecule has 82 valence electrons. The molecule has 3 nitrogen and oxygen atoms in total. The maximum absolute atomic E-state index is 11.5. The van der Waals surface area contributed by atoms with Crippen molar-refractivity contribution in [2.45, 2.75) is 26.4 Å². The Balaban J connectivity index is 2.57. The van der Waals surface area contributed by atoms with Gasteiger partial charge in [0.25, 0.3) is 0 Å². The molecular formula is C12H16O3. The molecule has 0 radical (unpaired) electrons. The lowest BCUT2D eigenvalue weighted by Gasteiger charge is -2.11. The Morgan fingerprint density at radius 3 is 2.53 bits per heavy atom. The molecule has 0 saturated heterocycles. The summed E-state index contributed by atoms with van der Waals surface area (Å²) in [6.45, 7) is 3.76. The maximum atomic E-state index is 11.5. The Morgan fingerprint density at radius 1 is 1.40 bits per heavy atom. The van der Waals surface area contributed by atoms with Gasteiger partial charge in [-0.15, -0.1) is 0 Å². The average molecular weight is 208 g/mol. The molecule has 0 heterocycles. The second kappa shape index (κ2) is 5.51. The van der Waals surface area contributed by atoms with Gasteiger partial charge in [0.2, 0.25) is 0 Å².